The lowest BCUT2D eigenvalue weighted by Gasteiger charge is -2.38. The second-order valence-electron chi connectivity index (χ2n) is 9.23. The number of amides is 1. The zero-order valence-corrected chi connectivity index (χ0v) is 23.1. The van der Waals surface area contributed by atoms with E-state index in [0.29, 0.717) is 37.0 Å². The average molecular weight is 542 g/mol. The summed E-state index contributed by atoms with van der Waals surface area (Å²) in [5.41, 5.74) is 4.77. The van der Waals surface area contributed by atoms with Crippen LogP contribution in [-0.4, -0.2) is 59.1 Å². The number of nitrogens with zero attached hydrogens (tertiary/aromatic N) is 3. The molecule has 0 aliphatic carbocycles. The molecule has 7 nitrogen and oxygen atoms in total. The maximum absolute atomic E-state index is 13.8. The molecule has 0 bridgehead atoms. The molecule has 3 aromatic rings. The van der Waals surface area contributed by atoms with Gasteiger partial charge in [0, 0.05) is 36.9 Å². The van der Waals surface area contributed by atoms with Gasteiger partial charge in [-0.05, 0) is 68.3 Å². The Morgan fingerprint density at radius 3 is 2.30 bits per heavy atom. The molecule has 0 saturated carbocycles. The van der Waals surface area contributed by atoms with Gasteiger partial charge in [0.15, 0.2) is 0 Å². The maximum Gasteiger partial charge on any atom is 0.264 e. The van der Waals surface area contributed by atoms with Crippen LogP contribution in [0.4, 0.5) is 11.4 Å². The van der Waals surface area contributed by atoms with Crippen molar-refractivity contribution in [3.8, 4) is 5.75 Å². The fourth-order valence-corrected chi connectivity index (χ4v) is 6.08. The molecule has 0 N–H and O–H groups in total. The Morgan fingerprint density at radius 2 is 1.65 bits per heavy atom. The molecule has 0 radical (unpaired) electrons. The van der Waals surface area contributed by atoms with Crippen LogP contribution < -0.4 is 13.9 Å². The highest BCUT2D eigenvalue weighted by molar-refractivity contribution is 7.92. The Morgan fingerprint density at radius 1 is 0.973 bits per heavy atom. The first-order valence-electron chi connectivity index (χ1n) is 12.1. The number of carbonyl (C=O) groups is 1. The van der Waals surface area contributed by atoms with E-state index in [4.69, 9.17) is 16.3 Å². The van der Waals surface area contributed by atoms with Gasteiger partial charge < -0.3 is 14.5 Å². The predicted octanol–water partition coefficient (Wildman–Crippen LogP) is 4.82. The van der Waals surface area contributed by atoms with Gasteiger partial charge in [-0.2, -0.15) is 0 Å². The van der Waals surface area contributed by atoms with Crippen molar-refractivity contribution in [1.29, 1.82) is 0 Å². The standard InChI is InChI=1S/C28H32ClN3O4S/c1-20-8-11-24(12-9-20)37(34,35)32(26-18-23(29)10-13-27(26)36-4)19-28(33)31-16-14-30(15-17-31)25-7-5-6-21(2)22(25)3/h5-13,18H,14-17,19H2,1-4H3. The van der Waals surface area contributed by atoms with Gasteiger partial charge in [0.05, 0.1) is 17.7 Å². The summed E-state index contributed by atoms with van der Waals surface area (Å²) in [6, 6.07) is 17.5. The minimum Gasteiger partial charge on any atom is -0.495 e. The lowest BCUT2D eigenvalue weighted by Crippen LogP contribution is -2.52. The highest BCUT2D eigenvalue weighted by Crippen LogP contribution is 2.35. The summed E-state index contributed by atoms with van der Waals surface area (Å²) < 4.78 is 34.1. The quantitative estimate of drug-likeness (QED) is 0.429. The van der Waals surface area contributed by atoms with Crippen LogP contribution in [0.5, 0.6) is 5.75 Å². The first kappa shape index (κ1) is 26.8. The van der Waals surface area contributed by atoms with E-state index < -0.39 is 10.0 Å². The summed E-state index contributed by atoms with van der Waals surface area (Å²) >= 11 is 6.24. The molecule has 1 heterocycles. The number of aryl methyl sites for hydroxylation is 2. The van der Waals surface area contributed by atoms with Crippen molar-refractivity contribution in [1.82, 2.24) is 4.90 Å². The third kappa shape index (κ3) is 5.70. The Kier molecular flexibility index (Phi) is 7.99. The molecule has 1 fully saturated rings. The van der Waals surface area contributed by atoms with E-state index >= 15 is 0 Å². The molecule has 1 amide bonds. The van der Waals surface area contributed by atoms with Crippen LogP contribution >= 0.6 is 11.6 Å². The maximum atomic E-state index is 13.8. The first-order valence-corrected chi connectivity index (χ1v) is 14.0. The molecule has 37 heavy (non-hydrogen) atoms. The van der Waals surface area contributed by atoms with Crippen LogP contribution in [0, 0.1) is 20.8 Å². The molecule has 4 rings (SSSR count). The number of anilines is 2. The fourth-order valence-electron chi connectivity index (χ4n) is 4.49. The molecule has 0 aromatic heterocycles. The van der Waals surface area contributed by atoms with Crippen molar-refractivity contribution in [2.24, 2.45) is 0 Å². The number of piperazine rings is 1. The largest absolute Gasteiger partial charge is 0.495 e. The van der Waals surface area contributed by atoms with Gasteiger partial charge >= 0.3 is 0 Å². The van der Waals surface area contributed by atoms with Crippen molar-refractivity contribution < 1.29 is 17.9 Å². The van der Waals surface area contributed by atoms with Gasteiger partial charge in [0.25, 0.3) is 10.0 Å². The molecule has 196 valence electrons. The summed E-state index contributed by atoms with van der Waals surface area (Å²) in [5, 5.41) is 0.342. The summed E-state index contributed by atoms with van der Waals surface area (Å²) in [6.07, 6.45) is 0. The van der Waals surface area contributed by atoms with Crippen LogP contribution in [0.25, 0.3) is 0 Å². The number of carbonyl (C=O) groups excluding carboxylic acids is 1. The van der Waals surface area contributed by atoms with E-state index in [2.05, 4.69) is 30.9 Å². The minimum atomic E-state index is -4.08. The second kappa shape index (κ2) is 11.0. The van der Waals surface area contributed by atoms with E-state index in [1.54, 1.807) is 41.3 Å². The second-order valence-corrected chi connectivity index (χ2v) is 11.5. The van der Waals surface area contributed by atoms with Gasteiger partial charge in [-0.1, -0.05) is 41.4 Å². The molecule has 1 saturated heterocycles. The molecule has 3 aromatic carbocycles. The van der Waals surface area contributed by atoms with E-state index in [1.807, 2.05) is 13.0 Å². The molecular weight excluding hydrogens is 510 g/mol. The normalized spacial score (nSPS) is 14.0. The third-order valence-corrected chi connectivity index (χ3v) is 8.86. The highest BCUT2D eigenvalue weighted by atomic mass is 35.5. The van der Waals surface area contributed by atoms with Crippen LogP contribution in [-0.2, 0) is 14.8 Å². The number of hydrogen-bond acceptors (Lipinski definition) is 5. The van der Waals surface area contributed by atoms with Crippen LogP contribution in [0.15, 0.2) is 65.6 Å². The van der Waals surface area contributed by atoms with E-state index in [0.717, 1.165) is 9.87 Å². The Balaban J connectivity index is 1.60. The number of rotatable bonds is 7. The van der Waals surface area contributed by atoms with Crippen LogP contribution in [0.3, 0.4) is 0 Å². The number of methoxy groups -OCH3 is 1. The first-order chi connectivity index (χ1) is 17.6. The average Bonchev–Trinajstić information content (AvgIpc) is 2.89. The Bertz CT molecular complexity index is 1390. The lowest BCUT2D eigenvalue weighted by atomic mass is 10.1. The molecule has 1 aliphatic heterocycles. The summed E-state index contributed by atoms with van der Waals surface area (Å²) in [4.78, 5) is 17.6. The Hall–Kier alpha value is -3.23. The van der Waals surface area contributed by atoms with Crippen molar-refractivity contribution >= 4 is 38.9 Å². The number of ether oxygens (including phenoxy) is 1. The third-order valence-electron chi connectivity index (χ3n) is 6.85. The van der Waals surface area contributed by atoms with Crippen molar-refractivity contribution in [3.05, 3.63) is 82.4 Å². The van der Waals surface area contributed by atoms with Gasteiger partial charge in [-0.25, -0.2) is 8.42 Å². The van der Waals surface area contributed by atoms with Crippen LogP contribution in [0.2, 0.25) is 5.02 Å². The van der Waals surface area contributed by atoms with Crippen molar-refractivity contribution in [2.45, 2.75) is 25.7 Å². The number of benzene rings is 3. The molecule has 0 spiro atoms. The minimum absolute atomic E-state index is 0.0904. The van der Waals surface area contributed by atoms with Gasteiger partial charge in [-0.3, -0.25) is 9.10 Å². The predicted molar refractivity (Wildman–Crippen MR) is 148 cm³/mol. The number of hydrogen-bond donors (Lipinski definition) is 0. The van der Waals surface area contributed by atoms with Crippen LogP contribution in [0.1, 0.15) is 16.7 Å². The number of sulfonamides is 1. The van der Waals surface area contributed by atoms with E-state index in [9.17, 15) is 13.2 Å². The fraction of sp³-hybridized carbons (Fsp3) is 0.321. The SMILES string of the molecule is COc1ccc(Cl)cc1N(CC(=O)N1CCN(c2cccc(C)c2C)CC1)S(=O)(=O)c1ccc(C)cc1. The van der Waals surface area contributed by atoms with Crippen molar-refractivity contribution in [2.75, 3.05) is 49.0 Å². The lowest BCUT2D eigenvalue weighted by molar-refractivity contribution is -0.129. The summed E-state index contributed by atoms with van der Waals surface area (Å²) in [7, 11) is -2.63. The van der Waals surface area contributed by atoms with E-state index in [-0.39, 0.29) is 23.0 Å². The molecule has 0 atom stereocenters. The van der Waals surface area contributed by atoms with Gasteiger partial charge in [0.2, 0.25) is 5.91 Å². The van der Waals surface area contributed by atoms with Gasteiger partial charge in [0.1, 0.15) is 12.3 Å². The monoisotopic (exact) mass is 541 g/mol. The molecule has 9 heteroatoms. The summed E-state index contributed by atoms with van der Waals surface area (Å²) in [6.45, 7) is 8.04. The topological polar surface area (TPSA) is 70.2 Å². The molecule has 0 unspecified atom stereocenters. The molecule has 1 aliphatic rings. The van der Waals surface area contributed by atoms with Gasteiger partial charge in [-0.15, -0.1) is 0 Å². The number of halogens is 1. The van der Waals surface area contributed by atoms with Crippen molar-refractivity contribution in [3.63, 3.8) is 0 Å². The van der Waals surface area contributed by atoms with E-state index in [1.165, 1.54) is 30.0 Å². The highest BCUT2D eigenvalue weighted by Gasteiger charge is 2.32. The zero-order valence-electron chi connectivity index (χ0n) is 21.6. The summed E-state index contributed by atoms with van der Waals surface area (Å²) in [5.74, 6) is 0.0333. The molecular formula is C28H32ClN3O4S. The zero-order chi connectivity index (χ0) is 26.7. The Labute approximate surface area is 224 Å². The smallest absolute Gasteiger partial charge is 0.264 e.